The van der Waals surface area contributed by atoms with Gasteiger partial charge in [0.25, 0.3) is 5.91 Å². The van der Waals surface area contributed by atoms with Gasteiger partial charge in [0.05, 0.1) is 6.61 Å². The van der Waals surface area contributed by atoms with Crippen molar-refractivity contribution in [3.8, 4) is 0 Å². The van der Waals surface area contributed by atoms with E-state index in [0.29, 0.717) is 26.3 Å². The molecule has 1 rings (SSSR count). The van der Waals surface area contributed by atoms with E-state index < -0.39 is 0 Å². The first kappa shape index (κ1) is 15.2. The third-order valence-corrected chi connectivity index (χ3v) is 3.13. The van der Waals surface area contributed by atoms with Gasteiger partial charge in [0, 0.05) is 29.7 Å². The highest BCUT2D eigenvalue weighted by Crippen LogP contribution is 2.16. The Kier molecular flexibility index (Phi) is 6.36. The minimum absolute atomic E-state index is 0.0570. The Morgan fingerprint density at radius 1 is 1.33 bits per heavy atom. The Hall–Kier alpha value is -0.870. The van der Waals surface area contributed by atoms with Gasteiger partial charge in [-0.3, -0.25) is 4.79 Å². The first-order chi connectivity index (χ1) is 8.58. The molecule has 0 aromatic heterocycles. The van der Waals surface area contributed by atoms with Gasteiger partial charge in [-0.15, -0.1) is 0 Å². The van der Waals surface area contributed by atoms with Gasteiger partial charge in [-0.1, -0.05) is 15.9 Å². The number of likely N-dealkylation sites (N-methyl/N-ethyl adjacent to an activating group) is 1. The first-order valence-corrected chi connectivity index (χ1v) is 7.02. The second-order valence-electron chi connectivity index (χ2n) is 4.10. The lowest BCUT2D eigenvalue weighted by atomic mass is 10.1. The third-order valence-electron chi connectivity index (χ3n) is 2.67. The van der Waals surface area contributed by atoms with E-state index in [4.69, 9.17) is 4.74 Å². The van der Waals surface area contributed by atoms with E-state index in [9.17, 15) is 4.79 Å². The number of carbonyl (C=O) groups is 1. The minimum atomic E-state index is 0.0570. The standard InChI is InChI=1S/C14H20BrNO2/c1-4-16(6-7-18-5-2)14(17)12-8-11(3)9-13(15)10-12/h8-10H,4-7H2,1-3H3. The number of hydrogen-bond donors (Lipinski definition) is 0. The summed E-state index contributed by atoms with van der Waals surface area (Å²) in [5.74, 6) is 0.0570. The lowest BCUT2D eigenvalue weighted by Crippen LogP contribution is -2.33. The van der Waals surface area contributed by atoms with Crippen LogP contribution in [-0.4, -0.2) is 37.1 Å². The average molecular weight is 314 g/mol. The summed E-state index contributed by atoms with van der Waals surface area (Å²) in [6.07, 6.45) is 0. The van der Waals surface area contributed by atoms with Crippen LogP contribution in [0.4, 0.5) is 0 Å². The van der Waals surface area contributed by atoms with E-state index in [1.165, 1.54) is 0 Å². The van der Waals surface area contributed by atoms with Crippen LogP contribution in [0.1, 0.15) is 29.8 Å². The molecule has 0 spiro atoms. The fourth-order valence-electron chi connectivity index (χ4n) is 1.76. The zero-order valence-corrected chi connectivity index (χ0v) is 12.8. The summed E-state index contributed by atoms with van der Waals surface area (Å²) in [6, 6.07) is 5.77. The summed E-state index contributed by atoms with van der Waals surface area (Å²) in [4.78, 5) is 14.1. The number of halogens is 1. The predicted octanol–water partition coefficient (Wildman–Crippen LogP) is 3.26. The van der Waals surface area contributed by atoms with Crippen LogP contribution in [0.25, 0.3) is 0 Å². The molecule has 0 saturated heterocycles. The molecular formula is C14H20BrNO2. The maximum atomic E-state index is 12.3. The molecule has 0 fully saturated rings. The fraction of sp³-hybridized carbons (Fsp3) is 0.500. The number of hydrogen-bond acceptors (Lipinski definition) is 2. The molecule has 0 N–H and O–H groups in total. The summed E-state index contributed by atoms with van der Waals surface area (Å²) in [7, 11) is 0. The third kappa shape index (κ3) is 4.42. The molecule has 0 unspecified atom stereocenters. The average Bonchev–Trinajstić information content (AvgIpc) is 2.33. The number of benzene rings is 1. The zero-order valence-electron chi connectivity index (χ0n) is 11.2. The lowest BCUT2D eigenvalue weighted by Gasteiger charge is -2.21. The van der Waals surface area contributed by atoms with Gasteiger partial charge in [0.1, 0.15) is 0 Å². The second kappa shape index (κ2) is 7.54. The van der Waals surface area contributed by atoms with Gasteiger partial charge in [-0.05, 0) is 44.5 Å². The van der Waals surface area contributed by atoms with Crippen LogP contribution in [0.5, 0.6) is 0 Å². The van der Waals surface area contributed by atoms with E-state index in [1.54, 1.807) is 4.90 Å². The van der Waals surface area contributed by atoms with Crippen molar-refractivity contribution < 1.29 is 9.53 Å². The topological polar surface area (TPSA) is 29.5 Å². The Morgan fingerprint density at radius 2 is 2.06 bits per heavy atom. The second-order valence-corrected chi connectivity index (χ2v) is 5.01. The summed E-state index contributed by atoms with van der Waals surface area (Å²) in [5.41, 5.74) is 1.80. The van der Waals surface area contributed by atoms with E-state index in [1.807, 2.05) is 39.0 Å². The molecule has 0 atom stereocenters. The number of aryl methyl sites for hydroxylation is 1. The predicted molar refractivity (Wildman–Crippen MR) is 76.9 cm³/mol. The van der Waals surface area contributed by atoms with Crippen molar-refractivity contribution in [3.63, 3.8) is 0 Å². The molecule has 0 aliphatic rings. The highest BCUT2D eigenvalue weighted by molar-refractivity contribution is 9.10. The Balaban J connectivity index is 2.76. The van der Waals surface area contributed by atoms with Crippen molar-refractivity contribution in [3.05, 3.63) is 33.8 Å². The molecule has 0 aliphatic carbocycles. The summed E-state index contributed by atoms with van der Waals surface area (Å²) < 4.78 is 6.23. The number of carbonyl (C=O) groups excluding carboxylic acids is 1. The number of nitrogens with zero attached hydrogens (tertiary/aromatic N) is 1. The van der Waals surface area contributed by atoms with Crippen molar-refractivity contribution in [2.75, 3.05) is 26.3 Å². The summed E-state index contributed by atoms with van der Waals surface area (Å²) in [5, 5.41) is 0. The molecule has 0 aliphatic heterocycles. The maximum absolute atomic E-state index is 12.3. The zero-order chi connectivity index (χ0) is 13.5. The molecule has 0 saturated carbocycles. The van der Waals surface area contributed by atoms with E-state index in [-0.39, 0.29) is 5.91 Å². The van der Waals surface area contributed by atoms with Gasteiger partial charge in [-0.25, -0.2) is 0 Å². The van der Waals surface area contributed by atoms with Crippen LogP contribution in [-0.2, 0) is 4.74 Å². The van der Waals surface area contributed by atoms with Crippen molar-refractivity contribution in [1.29, 1.82) is 0 Å². The first-order valence-electron chi connectivity index (χ1n) is 6.22. The van der Waals surface area contributed by atoms with Gasteiger partial charge < -0.3 is 9.64 Å². The molecule has 1 aromatic rings. The van der Waals surface area contributed by atoms with Crippen molar-refractivity contribution in [2.45, 2.75) is 20.8 Å². The Labute approximate surface area is 117 Å². The maximum Gasteiger partial charge on any atom is 0.253 e. The molecular weight excluding hydrogens is 294 g/mol. The van der Waals surface area contributed by atoms with Crippen LogP contribution >= 0.6 is 15.9 Å². The fourth-order valence-corrected chi connectivity index (χ4v) is 2.37. The molecule has 0 radical (unpaired) electrons. The van der Waals surface area contributed by atoms with Crippen molar-refractivity contribution in [2.24, 2.45) is 0 Å². The van der Waals surface area contributed by atoms with E-state index in [2.05, 4.69) is 15.9 Å². The molecule has 18 heavy (non-hydrogen) atoms. The summed E-state index contributed by atoms with van der Waals surface area (Å²) in [6.45, 7) is 8.51. The lowest BCUT2D eigenvalue weighted by molar-refractivity contribution is 0.0669. The van der Waals surface area contributed by atoms with Gasteiger partial charge >= 0.3 is 0 Å². The number of amides is 1. The molecule has 4 heteroatoms. The SMILES string of the molecule is CCOCCN(CC)C(=O)c1cc(C)cc(Br)c1. The normalized spacial score (nSPS) is 10.4. The highest BCUT2D eigenvalue weighted by Gasteiger charge is 2.14. The monoisotopic (exact) mass is 313 g/mol. The molecule has 0 bridgehead atoms. The Morgan fingerprint density at radius 3 is 2.61 bits per heavy atom. The molecule has 100 valence electrons. The van der Waals surface area contributed by atoms with Gasteiger partial charge in [-0.2, -0.15) is 0 Å². The highest BCUT2D eigenvalue weighted by atomic mass is 79.9. The Bertz CT molecular complexity index is 387. The quantitative estimate of drug-likeness (QED) is 0.754. The van der Waals surface area contributed by atoms with Crippen LogP contribution in [0.3, 0.4) is 0 Å². The van der Waals surface area contributed by atoms with Gasteiger partial charge in [0.15, 0.2) is 0 Å². The summed E-state index contributed by atoms with van der Waals surface area (Å²) >= 11 is 3.42. The van der Waals surface area contributed by atoms with E-state index in [0.717, 1.165) is 15.6 Å². The van der Waals surface area contributed by atoms with Crippen LogP contribution in [0.15, 0.2) is 22.7 Å². The largest absolute Gasteiger partial charge is 0.380 e. The van der Waals surface area contributed by atoms with E-state index >= 15 is 0 Å². The van der Waals surface area contributed by atoms with Crippen LogP contribution in [0.2, 0.25) is 0 Å². The molecule has 1 amide bonds. The molecule has 0 heterocycles. The minimum Gasteiger partial charge on any atom is -0.380 e. The number of ether oxygens (including phenoxy) is 1. The number of rotatable bonds is 6. The van der Waals surface area contributed by atoms with Crippen LogP contribution in [0, 0.1) is 6.92 Å². The molecule has 3 nitrogen and oxygen atoms in total. The smallest absolute Gasteiger partial charge is 0.253 e. The van der Waals surface area contributed by atoms with Crippen molar-refractivity contribution >= 4 is 21.8 Å². The van der Waals surface area contributed by atoms with Crippen LogP contribution < -0.4 is 0 Å². The van der Waals surface area contributed by atoms with Crippen molar-refractivity contribution in [1.82, 2.24) is 4.90 Å². The van der Waals surface area contributed by atoms with Gasteiger partial charge in [0.2, 0.25) is 0 Å². The molecule has 1 aromatic carbocycles.